The number of ether oxygens (including phenoxy) is 4. The van der Waals surface area contributed by atoms with E-state index in [1.807, 2.05) is 20.8 Å². The first kappa shape index (κ1) is 25.3. The van der Waals surface area contributed by atoms with Gasteiger partial charge in [-0.15, -0.1) is 0 Å². The second kappa shape index (κ2) is 9.90. The first-order chi connectivity index (χ1) is 15.8. The molecule has 0 aliphatic carbocycles. The Bertz CT molecular complexity index is 954. The first-order valence-corrected chi connectivity index (χ1v) is 11.2. The summed E-state index contributed by atoms with van der Waals surface area (Å²) in [6, 6.07) is 4.29. The van der Waals surface area contributed by atoms with Gasteiger partial charge in [0, 0.05) is 33.1 Å². The van der Waals surface area contributed by atoms with Crippen molar-refractivity contribution in [3.05, 3.63) is 35.8 Å². The monoisotopic (exact) mass is 478 g/mol. The number of amides is 1. The minimum atomic E-state index is -1.35. The molecule has 0 spiro atoms. The third-order valence-electron chi connectivity index (χ3n) is 5.19. The molecule has 1 aromatic carbocycles. The van der Waals surface area contributed by atoms with E-state index in [-0.39, 0.29) is 35.6 Å². The number of carbonyl (C=O) groups excluding carboxylic acids is 3. The van der Waals surface area contributed by atoms with Crippen LogP contribution in [0.3, 0.4) is 0 Å². The normalized spacial score (nSPS) is 18.6. The Morgan fingerprint density at radius 2 is 1.82 bits per heavy atom. The summed E-state index contributed by atoms with van der Waals surface area (Å²) in [6.07, 6.45) is 2.15. The first-order valence-electron chi connectivity index (χ1n) is 11.2. The molecule has 3 rings (SSSR count). The van der Waals surface area contributed by atoms with Crippen molar-refractivity contribution in [1.29, 1.82) is 0 Å². The van der Waals surface area contributed by atoms with Crippen molar-refractivity contribution in [2.75, 3.05) is 25.0 Å². The number of hydrogen-bond donors (Lipinski definition) is 1. The van der Waals surface area contributed by atoms with Gasteiger partial charge in [-0.05, 0) is 51.7 Å². The van der Waals surface area contributed by atoms with Crippen molar-refractivity contribution in [3.63, 3.8) is 0 Å². The minimum absolute atomic E-state index is 0.0354. The van der Waals surface area contributed by atoms with E-state index in [0.717, 1.165) is 6.20 Å². The fraction of sp³-hybridized carbons (Fsp3) is 0.542. The number of halogens is 1. The van der Waals surface area contributed by atoms with Crippen LogP contribution in [0.2, 0.25) is 0 Å². The van der Waals surface area contributed by atoms with Gasteiger partial charge in [-0.1, -0.05) is 6.07 Å². The number of benzene rings is 1. The number of likely N-dealkylation sites (tertiary alicyclic amines) is 1. The fourth-order valence-electron chi connectivity index (χ4n) is 3.51. The van der Waals surface area contributed by atoms with E-state index in [1.54, 1.807) is 11.0 Å². The average Bonchev–Trinajstić information content (AvgIpc) is 2.71. The number of nitrogens with zero attached hydrogens (tertiary/aromatic N) is 1. The molecule has 186 valence electrons. The number of piperidine rings is 1. The summed E-state index contributed by atoms with van der Waals surface area (Å²) in [5, 5.41) is 2.75. The van der Waals surface area contributed by atoms with E-state index in [9.17, 15) is 18.8 Å². The van der Waals surface area contributed by atoms with Crippen LogP contribution < -0.4 is 10.1 Å². The van der Waals surface area contributed by atoms with Crippen LogP contribution in [0.15, 0.2) is 30.0 Å². The third kappa shape index (κ3) is 6.61. The smallest absolute Gasteiger partial charge is 0.410 e. The SMILES string of the molecule is CC(C)(C)OC(=O)N1CCC(COc2c(F)cccc2NC=C2C(=O)OC(C)(C)OC2=O)CC1. The highest BCUT2D eigenvalue weighted by molar-refractivity contribution is 6.15. The highest BCUT2D eigenvalue weighted by Crippen LogP contribution is 2.30. The Kier molecular flexibility index (Phi) is 7.38. The number of nitrogens with one attached hydrogen (secondary N) is 1. The zero-order valence-corrected chi connectivity index (χ0v) is 20.1. The van der Waals surface area contributed by atoms with E-state index in [2.05, 4.69) is 5.32 Å². The minimum Gasteiger partial charge on any atom is -0.488 e. The van der Waals surface area contributed by atoms with Gasteiger partial charge in [-0.3, -0.25) is 0 Å². The molecule has 10 heteroatoms. The van der Waals surface area contributed by atoms with E-state index in [1.165, 1.54) is 26.0 Å². The van der Waals surface area contributed by atoms with Crippen LogP contribution in [-0.4, -0.2) is 54.0 Å². The van der Waals surface area contributed by atoms with Crippen LogP contribution in [0, 0.1) is 11.7 Å². The molecule has 1 amide bonds. The Hall–Kier alpha value is -3.30. The molecule has 0 aromatic heterocycles. The van der Waals surface area contributed by atoms with Crippen molar-refractivity contribution in [1.82, 2.24) is 4.90 Å². The Balaban J connectivity index is 1.59. The van der Waals surface area contributed by atoms with Crippen molar-refractivity contribution in [2.45, 2.75) is 58.8 Å². The maximum atomic E-state index is 14.5. The number of carbonyl (C=O) groups is 3. The van der Waals surface area contributed by atoms with E-state index < -0.39 is 29.1 Å². The lowest BCUT2D eigenvalue weighted by molar-refractivity contribution is -0.222. The van der Waals surface area contributed by atoms with Gasteiger partial charge in [0.2, 0.25) is 0 Å². The van der Waals surface area contributed by atoms with Gasteiger partial charge in [0.15, 0.2) is 17.1 Å². The Morgan fingerprint density at radius 1 is 1.21 bits per heavy atom. The predicted octanol–water partition coefficient (Wildman–Crippen LogP) is 3.98. The van der Waals surface area contributed by atoms with Crippen molar-refractivity contribution >= 4 is 23.7 Å². The summed E-state index contributed by atoms with van der Waals surface area (Å²) in [6.45, 7) is 9.66. The van der Waals surface area contributed by atoms with Crippen LogP contribution in [0.5, 0.6) is 5.75 Å². The molecule has 2 saturated heterocycles. The lowest BCUT2D eigenvalue weighted by atomic mass is 9.98. The molecular weight excluding hydrogens is 447 g/mol. The van der Waals surface area contributed by atoms with Gasteiger partial charge in [0.05, 0.1) is 12.3 Å². The van der Waals surface area contributed by atoms with E-state index in [0.29, 0.717) is 25.9 Å². The number of para-hydroxylation sites is 1. The Labute approximate surface area is 198 Å². The zero-order chi connectivity index (χ0) is 25.1. The van der Waals surface area contributed by atoms with Gasteiger partial charge >= 0.3 is 18.0 Å². The predicted molar refractivity (Wildman–Crippen MR) is 120 cm³/mol. The highest BCUT2D eigenvalue weighted by Gasteiger charge is 2.39. The number of esters is 2. The Morgan fingerprint density at radius 3 is 2.41 bits per heavy atom. The summed E-state index contributed by atoms with van der Waals surface area (Å²) in [5.74, 6) is -3.54. The lowest BCUT2D eigenvalue weighted by Crippen LogP contribution is -2.42. The molecule has 0 atom stereocenters. The van der Waals surface area contributed by atoms with Crippen molar-refractivity contribution < 1.29 is 37.7 Å². The molecular formula is C24H31FN2O7. The molecule has 0 bridgehead atoms. The fourth-order valence-corrected chi connectivity index (χ4v) is 3.51. The second-order valence-electron chi connectivity index (χ2n) is 9.72. The molecule has 0 saturated carbocycles. The average molecular weight is 479 g/mol. The van der Waals surface area contributed by atoms with E-state index >= 15 is 0 Å². The summed E-state index contributed by atoms with van der Waals surface area (Å²) in [5.41, 5.74) is -0.657. The molecule has 2 heterocycles. The third-order valence-corrected chi connectivity index (χ3v) is 5.19. The van der Waals surface area contributed by atoms with Crippen LogP contribution in [0.25, 0.3) is 0 Å². The van der Waals surface area contributed by atoms with Crippen molar-refractivity contribution in [2.24, 2.45) is 5.92 Å². The molecule has 0 radical (unpaired) electrons. The quantitative estimate of drug-likeness (QED) is 0.385. The number of hydrogen-bond acceptors (Lipinski definition) is 8. The molecule has 1 aromatic rings. The lowest BCUT2D eigenvalue weighted by Gasteiger charge is -2.33. The van der Waals surface area contributed by atoms with Gasteiger partial charge in [0.25, 0.3) is 5.79 Å². The standard InChI is InChI=1S/C24H31FN2O7/c1-23(2,3)34-22(30)27-11-9-15(10-12-27)14-31-19-17(25)7-6-8-18(19)26-13-16-20(28)32-24(4,5)33-21(16)29/h6-8,13,15,26H,9-12,14H2,1-5H3. The summed E-state index contributed by atoms with van der Waals surface area (Å²) in [7, 11) is 0. The molecule has 0 unspecified atom stereocenters. The summed E-state index contributed by atoms with van der Waals surface area (Å²) in [4.78, 5) is 38.1. The second-order valence-corrected chi connectivity index (χ2v) is 9.72. The van der Waals surface area contributed by atoms with Crippen LogP contribution >= 0.6 is 0 Å². The van der Waals surface area contributed by atoms with Crippen LogP contribution in [-0.2, 0) is 23.8 Å². The summed E-state index contributed by atoms with van der Waals surface area (Å²) >= 11 is 0. The van der Waals surface area contributed by atoms with Gasteiger partial charge in [-0.2, -0.15) is 0 Å². The van der Waals surface area contributed by atoms with Crippen LogP contribution in [0.4, 0.5) is 14.9 Å². The number of cyclic esters (lactones) is 2. The number of anilines is 1. The molecule has 2 aliphatic heterocycles. The maximum Gasteiger partial charge on any atom is 0.410 e. The van der Waals surface area contributed by atoms with Gasteiger partial charge in [-0.25, -0.2) is 18.8 Å². The van der Waals surface area contributed by atoms with Crippen LogP contribution in [0.1, 0.15) is 47.5 Å². The molecule has 2 fully saturated rings. The molecule has 9 nitrogen and oxygen atoms in total. The molecule has 2 aliphatic rings. The summed E-state index contributed by atoms with van der Waals surface area (Å²) < 4.78 is 35.8. The highest BCUT2D eigenvalue weighted by atomic mass is 19.1. The number of rotatable bonds is 5. The topological polar surface area (TPSA) is 103 Å². The van der Waals surface area contributed by atoms with Gasteiger partial charge < -0.3 is 29.2 Å². The largest absolute Gasteiger partial charge is 0.488 e. The van der Waals surface area contributed by atoms with Crippen molar-refractivity contribution in [3.8, 4) is 5.75 Å². The maximum absolute atomic E-state index is 14.5. The zero-order valence-electron chi connectivity index (χ0n) is 20.1. The van der Waals surface area contributed by atoms with E-state index in [4.69, 9.17) is 18.9 Å². The van der Waals surface area contributed by atoms with Gasteiger partial charge in [0.1, 0.15) is 5.60 Å². The molecule has 34 heavy (non-hydrogen) atoms. The molecule has 1 N–H and O–H groups in total.